The van der Waals surface area contributed by atoms with Crippen LogP contribution in [0.1, 0.15) is 12.7 Å². The second-order valence-electron chi connectivity index (χ2n) is 7.95. The number of furan rings is 1. The Morgan fingerprint density at radius 3 is 2.65 bits per heavy atom. The summed E-state index contributed by atoms with van der Waals surface area (Å²) < 4.78 is 20.6. The summed E-state index contributed by atoms with van der Waals surface area (Å²) in [5.41, 5.74) is 1.33. The molecule has 0 saturated carbocycles. The van der Waals surface area contributed by atoms with E-state index in [1.165, 1.54) is 23.9 Å². The molecule has 1 aliphatic heterocycles. The highest BCUT2D eigenvalue weighted by Gasteiger charge is 2.24. The van der Waals surface area contributed by atoms with Crippen molar-refractivity contribution in [1.82, 2.24) is 24.6 Å². The summed E-state index contributed by atoms with van der Waals surface area (Å²) in [6.45, 7) is 7.06. The molecule has 0 unspecified atom stereocenters. The number of carbonyl (C=O) groups is 2. The molecule has 3 heterocycles. The van der Waals surface area contributed by atoms with Crippen molar-refractivity contribution in [2.24, 2.45) is 0 Å². The quantitative estimate of drug-likeness (QED) is 0.489. The van der Waals surface area contributed by atoms with Crippen molar-refractivity contribution < 1.29 is 18.4 Å². The van der Waals surface area contributed by atoms with Crippen molar-refractivity contribution in [3.8, 4) is 11.4 Å². The predicted octanol–water partition coefficient (Wildman–Crippen LogP) is 2.88. The van der Waals surface area contributed by atoms with Gasteiger partial charge in [-0.05, 0) is 38.1 Å². The van der Waals surface area contributed by atoms with E-state index in [4.69, 9.17) is 4.42 Å². The summed E-state index contributed by atoms with van der Waals surface area (Å²) in [7, 11) is 0. The maximum Gasteiger partial charge on any atom is 0.238 e. The van der Waals surface area contributed by atoms with Crippen LogP contribution in [-0.2, 0) is 16.1 Å². The molecule has 3 aromatic rings. The number of thioether (sulfide) groups is 1. The first-order chi connectivity index (χ1) is 16.4. The number of rotatable bonds is 8. The molecular weight excluding hydrogens is 459 g/mol. The molecule has 2 aromatic heterocycles. The Balaban J connectivity index is 1.25. The van der Waals surface area contributed by atoms with Crippen LogP contribution in [0.2, 0.25) is 0 Å². The van der Waals surface area contributed by atoms with Crippen LogP contribution in [0.5, 0.6) is 0 Å². The van der Waals surface area contributed by atoms with E-state index in [1.54, 1.807) is 18.4 Å². The number of hydrogen-bond donors (Lipinski definition) is 1. The third kappa shape index (κ3) is 5.65. The molecule has 34 heavy (non-hydrogen) atoms. The Morgan fingerprint density at radius 2 is 1.97 bits per heavy atom. The number of piperazine rings is 1. The van der Waals surface area contributed by atoms with Gasteiger partial charge in [-0.2, -0.15) is 0 Å². The monoisotopic (exact) mass is 486 g/mol. The van der Waals surface area contributed by atoms with Crippen molar-refractivity contribution in [3.63, 3.8) is 0 Å². The van der Waals surface area contributed by atoms with Gasteiger partial charge in [-0.3, -0.25) is 14.5 Å². The van der Waals surface area contributed by atoms with Crippen LogP contribution in [-0.4, -0.2) is 74.9 Å². The second-order valence-corrected chi connectivity index (χ2v) is 8.89. The van der Waals surface area contributed by atoms with Gasteiger partial charge in [-0.15, -0.1) is 10.2 Å². The number of nitrogens with one attached hydrogen (secondary N) is 1. The highest BCUT2D eigenvalue weighted by molar-refractivity contribution is 7.99. The smallest absolute Gasteiger partial charge is 0.238 e. The van der Waals surface area contributed by atoms with E-state index in [0.29, 0.717) is 43.6 Å². The molecule has 1 aromatic carbocycles. The number of halogens is 1. The normalized spacial score (nSPS) is 14.4. The maximum atomic E-state index is 13.3. The van der Waals surface area contributed by atoms with Gasteiger partial charge in [0.15, 0.2) is 11.0 Å². The number of anilines is 1. The first-order valence-electron chi connectivity index (χ1n) is 11.1. The lowest BCUT2D eigenvalue weighted by Gasteiger charge is -2.34. The van der Waals surface area contributed by atoms with E-state index in [9.17, 15) is 14.0 Å². The van der Waals surface area contributed by atoms with Crippen molar-refractivity contribution in [1.29, 1.82) is 0 Å². The van der Waals surface area contributed by atoms with Crippen LogP contribution in [0.3, 0.4) is 0 Å². The molecule has 1 saturated heterocycles. The van der Waals surface area contributed by atoms with Crippen molar-refractivity contribution in [2.75, 3.05) is 43.8 Å². The van der Waals surface area contributed by atoms with Crippen LogP contribution < -0.4 is 5.32 Å². The molecule has 4 rings (SSSR count). The third-order valence-electron chi connectivity index (χ3n) is 5.66. The molecular formula is C23H27FN6O3S. The minimum atomic E-state index is -0.396. The van der Waals surface area contributed by atoms with Gasteiger partial charge < -0.3 is 19.2 Å². The van der Waals surface area contributed by atoms with Crippen LogP contribution in [0.4, 0.5) is 10.1 Å². The zero-order valence-corrected chi connectivity index (χ0v) is 20.0. The molecule has 2 amide bonds. The van der Waals surface area contributed by atoms with E-state index in [2.05, 4.69) is 15.5 Å². The van der Waals surface area contributed by atoms with Gasteiger partial charge in [-0.1, -0.05) is 17.8 Å². The van der Waals surface area contributed by atoms with E-state index in [-0.39, 0.29) is 24.1 Å². The Labute approximate surface area is 201 Å². The topological polar surface area (TPSA) is 96.5 Å². The van der Waals surface area contributed by atoms with Gasteiger partial charge in [-0.25, -0.2) is 4.39 Å². The summed E-state index contributed by atoms with van der Waals surface area (Å²) in [6, 6.07) is 7.67. The molecule has 1 N–H and O–H groups in total. The fourth-order valence-corrected chi connectivity index (χ4v) is 4.74. The molecule has 1 fully saturated rings. The average Bonchev–Trinajstić information content (AvgIpc) is 3.42. The zero-order valence-electron chi connectivity index (χ0n) is 19.2. The van der Waals surface area contributed by atoms with Crippen LogP contribution in [0, 0.1) is 12.7 Å². The van der Waals surface area contributed by atoms with E-state index in [0.717, 1.165) is 17.1 Å². The SMILES string of the molecule is CCn1c(SCC(=O)N2CCN(CC(=O)Nc3cccc(F)c3)CC2)nnc1-c1ccoc1C. The molecule has 180 valence electrons. The van der Waals surface area contributed by atoms with Crippen molar-refractivity contribution in [3.05, 3.63) is 48.2 Å². The van der Waals surface area contributed by atoms with Crippen molar-refractivity contribution in [2.45, 2.75) is 25.5 Å². The third-order valence-corrected chi connectivity index (χ3v) is 6.61. The molecule has 11 heteroatoms. The Morgan fingerprint density at radius 1 is 1.18 bits per heavy atom. The number of hydrogen-bond acceptors (Lipinski definition) is 7. The summed E-state index contributed by atoms with van der Waals surface area (Å²) in [5.74, 6) is 1.20. The minimum Gasteiger partial charge on any atom is -0.469 e. The van der Waals surface area contributed by atoms with Crippen LogP contribution in [0.15, 0.2) is 46.2 Å². The molecule has 9 nitrogen and oxygen atoms in total. The minimum absolute atomic E-state index is 0.0283. The van der Waals surface area contributed by atoms with Gasteiger partial charge in [0.1, 0.15) is 11.6 Å². The largest absolute Gasteiger partial charge is 0.469 e. The Bertz CT molecular complexity index is 1160. The fraction of sp³-hybridized carbons (Fsp3) is 0.391. The number of aryl methyl sites for hydroxylation is 1. The summed E-state index contributed by atoms with van der Waals surface area (Å²) >= 11 is 1.37. The predicted molar refractivity (Wildman–Crippen MR) is 127 cm³/mol. The van der Waals surface area contributed by atoms with E-state index >= 15 is 0 Å². The molecule has 0 bridgehead atoms. The first-order valence-corrected chi connectivity index (χ1v) is 12.1. The van der Waals surface area contributed by atoms with Gasteiger partial charge in [0.05, 0.1) is 24.1 Å². The van der Waals surface area contributed by atoms with Gasteiger partial charge in [0, 0.05) is 38.4 Å². The highest BCUT2D eigenvalue weighted by atomic mass is 32.2. The fourth-order valence-electron chi connectivity index (χ4n) is 3.84. The number of nitrogens with zero attached hydrogens (tertiary/aromatic N) is 5. The lowest BCUT2D eigenvalue weighted by molar-refractivity contribution is -0.130. The van der Waals surface area contributed by atoms with Crippen LogP contribution in [0.25, 0.3) is 11.4 Å². The number of aromatic nitrogens is 3. The average molecular weight is 487 g/mol. The molecule has 0 atom stereocenters. The molecule has 0 spiro atoms. The lowest BCUT2D eigenvalue weighted by atomic mass is 10.2. The highest BCUT2D eigenvalue weighted by Crippen LogP contribution is 2.27. The lowest BCUT2D eigenvalue weighted by Crippen LogP contribution is -2.50. The van der Waals surface area contributed by atoms with E-state index in [1.807, 2.05) is 34.3 Å². The summed E-state index contributed by atoms with van der Waals surface area (Å²) in [4.78, 5) is 28.8. The zero-order chi connectivity index (χ0) is 24.1. The van der Waals surface area contributed by atoms with Crippen LogP contribution >= 0.6 is 11.8 Å². The number of carbonyl (C=O) groups excluding carboxylic acids is 2. The van der Waals surface area contributed by atoms with Crippen molar-refractivity contribution >= 4 is 29.3 Å². The molecule has 1 aliphatic rings. The number of amides is 2. The van der Waals surface area contributed by atoms with Gasteiger partial charge >= 0.3 is 0 Å². The number of benzene rings is 1. The Hall–Kier alpha value is -3.18. The first kappa shape index (κ1) is 24.0. The standard InChI is InChI=1S/C23H27FN6O3S/c1-3-30-22(19-7-12-33-16(19)2)26-27-23(30)34-15-21(32)29-10-8-28(9-11-29)14-20(31)25-18-6-4-5-17(24)13-18/h4-7,12-13H,3,8-11,14-15H2,1-2H3,(H,25,31). The Kier molecular flexibility index (Phi) is 7.63. The summed E-state index contributed by atoms with van der Waals surface area (Å²) in [5, 5.41) is 12.0. The van der Waals surface area contributed by atoms with E-state index < -0.39 is 5.82 Å². The maximum absolute atomic E-state index is 13.3. The molecule has 0 radical (unpaired) electrons. The molecule has 0 aliphatic carbocycles. The van der Waals surface area contributed by atoms with Gasteiger partial charge in [0.2, 0.25) is 11.8 Å². The second kappa shape index (κ2) is 10.8. The summed E-state index contributed by atoms with van der Waals surface area (Å²) in [6.07, 6.45) is 1.63. The van der Waals surface area contributed by atoms with Gasteiger partial charge in [0.25, 0.3) is 0 Å².